The monoisotopic (exact) mass is 265 g/mol. The van der Waals surface area contributed by atoms with Crippen LogP contribution in [-0.2, 0) is 0 Å². The molecule has 0 spiro atoms. The minimum absolute atomic E-state index is 0.0573. The topological polar surface area (TPSA) is 44.4 Å². The Labute approximate surface area is 111 Å². The summed E-state index contributed by atoms with van der Waals surface area (Å²) in [5.74, 6) is -0.0573. The van der Waals surface area contributed by atoms with E-state index < -0.39 is 0 Å². The van der Waals surface area contributed by atoms with Crippen molar-refractivity contribution in [1.82, 2.24) is 10.6 Å². The van der Waals surface area contributed by atoms with E-state index in [-0.39, 0.29) is 12.1 Å². The van der Waals surface area contributed by atoms with Crippen LogP contribution in [0.3, 0.4) is 0 Å². The highest BCUT2D eigenvalue weighted by Gasteiger charge is 2.32. The van der Waals surface area contributed by atoms with Crippen molar-refractivity contribution in [2.75, 3.05) is 24.5 Å². The van der Waals surface area contributed by atoms with E-state index in [2.05, 4.69) is 21.6 Å². The first-order valence-corrected chi connectivity index (χ1v) is 6.63. The maximum atomic E-state index is 12.1. The number of nitrogens with one attached hydrogen (secondary N) is 2. The smallest absolute Gasteiger partial charge is 0.256 e. The van der Waals surface area contributed by atoms with E-state index >= 15 is 0 Å². The number of anilines is 1. The molecule has 2 aliphatic heterocycles. The molecular weight excluding hydrogens is 250 g/mol. The zero-order chi connectivity index (χ0) is 12.7. The Morgan fingerprint density at radius 3 is 3.06 bits per heavy atom. The molecule has 1 atom stereocenters. The molecule has 1 fully saturated rings. The summed E-state index contributed by atoms with van der Waals surface area (Å²) >= 11 is 6.21. The number of benzene rings is 1. The van der Waals surface area contributed by atoms with Crippen LogP contribution in [0, 0.1) is 6.92 Å². The maximum Gasteiger partial charge on any atom is 0.256 e. The highest BCUT2D eigenvalue weighted by molar-refractivity contribution is 6.35. The van der Waals surface area contributed by atoms with Gasteiger partial charge in [-0.25, -0.2) is 0 Å². The molecule has 2 aliphatic rings. The van der Waals surface area contributed by atoms with Crippen molar-refractivity contribution >= 4 is 23.2 Å². The third kappa shape index (κ3) is 1.85. The van der Waals surface area contributed by atoms with Crippen molar-refractivity contribution in [2.24, 2.45) is 0 Å². The predicted molar refractivity (Wildman–Crippen MR) is 72.3 cm³/mol. The summed E-state index contributed by atoms with van der Waals surface area (Å²) in [5, 5.41) is 6.93. The minimum atomic E-state index is -0.0573. The van der Waals surface area contributed by atoms with E-state index in [1.165, 1.54) is 0 Å². The zero-order valence-electron chi connectivity index (χ0n) is 10.3. The average molecular weight is 266 g/mol. The number of aryl methyl sites for hydroxylation is 1. The van der Waals surface area contributed by atoms with Crippen LogP contribution in [0.15, 0.2) is 12.1 Å². The average Bonchev–Trinajstić information content (AvgIpc) is 2.53. The van der Waals surface area contributed by atoms with Gasteiger partial charge in [-0.15, -0.1) is 0 Å². The Morgan fingerprint density at radius 2 is 2.22 bits per heavy atom. The molecule has 5 heteroatoms. The van der Waals surface area contributed by atoms with Gasteiger partial charge in [0, 0.05) is 13.1 Å². The summed E-state index contributed by atoms with van der Waals surface area (Å²) in [7, 11) is 0. The molecule has 0 aromatic heterocycles. The van der Waals surface area contributed by atoms with Crippen LogP contribution in [0.2, 0.25) is 5.02 Å². The molecule has 0 radical (unpaired) electrons. The van der Waals surface area contributed by atoms with Crippen molar-refractivity contribution in [3.8, 4) is 0 Å². The van der Waals surface area contributed by atoms with Crippen LogP contribution >= 0.6 is 11.6 Å². The van der Waals surface area contributed by atoms with Crippen molar-refractivity contribution in [2.45, 2.75) is 19.5 Å². The molecule has 1 aromatic carbocycles. The molecule has 2 heterocycles. The standard InChI is InChI=1S/C13H16ClN3O/c1-8-6-9(14)12-10(7-8)17-5-4-15-3-2-11(17)16-13(12)18/h6-7,11,15H,2-5H2,1H3,(H,16,18)/t11-/m0/s1. The van der Waals surface area contributed by atoms with Crippen molar-refractivity contribution in [1.29, 1.82) is 0 Å². The Bertz CT molecular complexity index is 503. The van der Waals surface area contributed by atoms with Crippen molar-refractivity contribution in [3.05, 3.63) is 28.3 Å². The van der Waals surface area contributed by atoms with E-state index in [1.54, 1.807) is 0 Å². The van der Waals surface area contributed by atoms with Crippen LogP contribution < -0.4 is 15.5 Å². The number of fused-ring (bicyclic) bond motifs is 3. The van der Waals surface area contributed by atoms with E-state index in [9.17, 15) is 4.79 Å². The molecule has 1 amide bonds. The van der Waals surface area contributed by atoms with E-state index in [0.29, 0.717) is 10.6 Å². The Hall–Kier alpha value is -1.26. The molecule has 1 aromatic rings. The summed E-state index contributed by atoms with van der Waals surface area (Å²) in [5.41, 5.74) is 2.67. The second-order valence-corrected chi connectivity index (χ2v) is 5.27. The fourth-order valence-electron chi connectivity index (χ4n) is 2.71. The summed E-state index contributed by atoms with van der Waals surface area (Å²) in [6.45, 7) is 4.75. The molecule has 4 nitrogen and oxygen atoms in total. The van der Waals surface area contributed by atoms with Gasteiger partial charge in [-0.05, 0) is 37.6 Å². The SMILES string of the molecule is Cc1cc(Cl)c2c(c1)N1CCNCC[C@H]1NC2=O. The van der Waals surface area contributed by atoms with Crippen molar-refractivity contribution < 1.29 is 4.79 Å². The fourth-order valence-corrected chi connectivity index (χ4v) is 3.07. The third-order valence-corrected chi connectivity index (χ3v) is 3.85. The summed E-state index contributed by atoms with van der Waals surface area (Å²) in [6.07, 6.45) is 0.995. The van der Waals surface area contributed by atoms with Crippen LogP contribution in [0.4, 0.5) is 5.69 Å². The van der Waals surface area contributed by atoms with Crippen LogP contribution in [0.1, 0.15) is 22.3 Å². The number of carbonyl (C=O) groups is 1. The molecule has 3 rings (SSSR count). The zero-order valence-corrected chi connectivity index (χ0v) is 11.0. The van der Waals surface area contributed by atoms with Gasteiger partial charge in [0.2, 0.25) is 0 Å². The number of amides is 1. The normalized spacial score (nSPS) is 22.9. The summed E-state index contributed by atoms with van der Waals surface area (Å²) < 4.78 is 0. The first-order chi connectivity index (χ1) is 8.66. The van der Waals surface area contributed by atoms with E-state index in [1.807, 2.05) is 13.0 Å². The summed E-state index contributed by atoms with van der Waals surface area (Å²) in [6, 6.07) is 3.90. The van der Waals surface area contributed by atoms with Gasteiger partial charge >= 0.3 is 0 Å². The molecule has 0 unspecified atom stereocenters. The summed E-state index contributed by atoms with van der Waals surface area (Å²) in [4.78, 5) is 14.4. The number of hydrogen-bond acceptors (Lipinski definition) is 3. The molecule has 0 saturated carbocycles. The van der Waals surface area contributed by atoms with Gasteiger partial charge in [0.05, 0.1) is 16.3 Å². The molecular formula is C13H16ClN3O. The lowest BCUT2D eigenvalue weighted by Crippen LogP contribution is -2.53. The first-order valence-electron chi connectivity index (χ1n) is 6.25. The van der Waals surface area contributed by atoms with Gasteiger partial charge in [-0.2, -0.15) is 0 Å². The van der Waals surface area contributed by atoms with Gasteiger partial charge in [-0.1, -0.05) is 11.6 Å². The Balaban J connectivity index is 2.12. The Kier molecular flexibility index (Phi) is 2.92. The van der Waals surface area contributed by atoms with Crippen molar-refractivity contribution in [3.63, 3.8) is 0 Å². The minimum Gasteiger partial charge on any atom is -0.349 e. The molecule has 0 aliphatic carbocycles. The lowest BCUT2D eigenvalue weighted by atomic mass is 10.0. The molecule has 18 heavy (non-hydrogen) atoms. The largest absolute Gasteiger partial charge is 0.349 e. The third-order valence-electron chi connectivity index (χ3n) is 3.55. The number of nitrogens with zero attached hydrogens (tertiary/aromatic N) is 1. The lowest BCUT2D eigenvalue weighted by Gasteiger charge is -2.38. The van der Waals surface area contributed by atoms with Gasteiger partial charge < -0.3 is 15.5 Å². The Morgan fingerprint density at radius 1 is 1.39 bits per heavy atom. The molecule has 2 N–H and O–H groups in total. The van der Waals surface area contributed by atoms with Gasteiger partial charge in [0.25, 0.3) is 5.91 Å². The van der Waals surface area contributed by atoms with Crippen LogP contribution in [0.5, 0.6) is 0 Å². The van der Waals surface area contributed by atoms with Gasteiger partial charge in [-0.3, -0.25) is 4.79 Å². The number of rotatable bonds is 0. The highest BCUT2D eigenvalue weighted by atomic mass is 35.5. The molecule has 1 saturated heterocycles. The number of carbonyl (C=O) groups excluding carboxylic acids is 1. The van der Waals surface area contributed by atoms with E-state index in [0.717, 1.165) is 37.3 Å². The lowest BCUT2D eigenvalue weighted by molar-refractivity contribution is 0.0926. The van der Waals surface area contributed by atoms with Gasteiger partial charge in [0.1, 0.15) is 6.17 Å². The number of hydrogen-bond donors (Lipinski definition) is 2. The van der Waals surface area contributed by atoms with Crippen LogP contribution in [-0.4, -0.2) is 31.7 Å². The second kappa shape index (κ2) is 4.44. The number of halogens is 1. The van der Waals surface area contributed by atoms with Crippen LogP contribution in [0.25, 0.3) is 0 Å². The second-order valence-electron chi connectivity index (χ2n) is 4.86. The van der Waals surface area contributed by atoms with Gasteiger partial charge in [0.15, 0.2) is 0 Å². The molecule has 0 bridgehead atoms. The van der Waals surface area contributed by atoms with E-state index in [4.69, 9.17) is 11.6 Å². The predicted octanol–water partition coefficient (Wildman–Crippen LogP) is 1.52. The fraction of sp³-hybridized carbons (Fsp3) is 0.462. The highest BCUT2D eigenvalue weighted by Crippen LogP contribution is 2.33. The molecule has 96 valence electrons. The first kappa shape index (κ1) is 11.8. The maximum absolute atomic E-state index is 12.1. The quantitative estimate of drug-likeness (QED) is 0.748.